The minimum absolute atomic E-state index is 0.154. The van der Waals surface area contributed by atoms with E-state index >= 15 is 0 Å². The summed E-state index contributed by atoms with van der Waals surface area (Å²) in [6.07, 6.45) is 10.9. The lowest BCUT2D eigenvalue weighted by atomic mass is 9.78. The highest BCUT2D eigenvalue weighted by atomic mass is 32.2. The van der Waals surface area contributed by atoms with Gasteiger partial charge in [0, 0.05) is 68.7 Å². The van der Waals surface area contributed by atoms with E-state index in [0.29, 0.717) is 38.0 Å². The van der Waals surface area contributed by atoms with E-state index in [1.165, 1.54) is 43.4 Å². The van der Waals surface area contributed by atoms with E-state index < -0.39 is 20.9 Å². The number of aryl methyl sites for hydroxylation is 1. The maximum atomic E-state index is 14.4. The van der Waals surface area contributed by atoms with Crippen LogP contribution in [0, 0.1) is 39.7 Å². The van der Waals surface area contributed by atoms with E-state index in [1.54, 1.807) is 12.1 Å². The van der Waals surface area contributed by atoms with Gasteiger partial charge in [-0.05, 0) is 141 Å². The molecule has 2 saturated heterocycles. The third-order valence-corrected chi connectivity index (χ3v) is 15.9. The summed E-state index contributed by atoms with van der Waals surface area (Å²) in [5.41, 5.74) is 4.10. The monoisotopic (exact) mass is 874 g/mol. The number of para-hydroxylation sites is 2. The second-order valence-corrected chi connectivity index (χ2v) is 19.9. The largest absolute Gasteiger partial charge is 0.381 e. The van der Waals surface area contributed by atoms with Gasteiger partial charge in [0.25, 0.3) is 21.6 Å². The molecular formula is C49H58N6O7S. The molecule has 3 aliphatic carbocycles. The molecule has 0 radical (unpaired) electrons. The number of hydrogen-bond acceptors (Lipinski definition) is 10. The first-order valence-corrected chi connectivity index (χ1v) is 24.3. The van der Waals surface area contributed by atoms with Gasteiger partial charge in [0.15, 0.2) is 0 Å². The molecule has 13 nitrogen and oxygen atoms in total. The number of nitrogens with one attached hydrogen (secondary N) is 3. The van der Waals surface area contributed by atoms with Gasteiger partial charge in [0.05, 0.1) is 21.2 Å². The Labute approximate surface area is 370 Å². The van der Waals surface area contributed by atoms with Crippen LogP contribution in [0.15, 0.2) is 102 Å². The average molecular weight is 875 g/mol. The van der Waals surface area contributed by atoms with Crippen LogP contribution in [0.3, 0.4) is 0 Å². The Bertz CT molecular complexity index is 2380. The zero-order valence-corrected chi connectivity index (χ0v) is 36.5. The van der Waals surface area contributed by atoms with Crippen molar-refractivity contribution in [2.75, 3.05) is 53.3 Å². The molecule has 0 spiro atoms. The zero-order chi connectivity index (χ0) is 43.5. The van der Waals surface area contributed by atoms with Gasteiger partial charge in [-0.15, -0.1) is 0 Å². The van der Waals surface area contributed by atoms with Crippen LogP contribution in [-0.4, -0.2) is 70.1 Å². The highest BCUT2D eigenvalue weighted by molar-refractivity contribution is 7.90. The van der Waals surface area contributed by atoms with Crippen molar-refractivity contribution in [3.63, 3.8) is 0 Å². The fourth-order valence-corrected chi connectivity index (χ4v) is 12.4. The smallest absolute Gasteiger partial charge is 0.293 e. The molecule has 2 amide bonds. The lowest BCUT2D eigenvalue weighted by molar-refractivity contribution is -0.384. The molecule has 4 aromatic carbocycles. The summed E-state index contributed by atoms with van der Waals surface area (Å²) < 4.78 is 34.0. The first-order valence-electron chi connectivity index (χ1n) is 22.8. The number of hydrogen-bond donors (Lipinski definition) is 3. The minimum Gasteiger partial charge on any atom is -0.381 e. The third-order valence-electron chi connectivity index (χ3n) is 14.6. The summed E-state index contributed by atoms with van der Waals surface area (Å²) in [6, 6.07) is 29.5. The fraction of sp³-hybridized carbons (Fsp3) is 0.469. The Balaban J connectivity index is 0.821. The van der Waals surface area contributed by atoms with Crippen LogP contribution in [0.2, 0.25) is 0 Å². The van der Waals surface area contributed by atoms with Gasteiger partial charge >= 0.3 is 0 Å². The second-order valence-electron chi connectivity index (χ2n) is 18.2. The van der Waals surface area contributed by atoms with Crippen molar-refractivity contribution in [1.82, 2.24) is 4.72 Å². The number of ether oxygens (including phenoxy) is 1. The number of rotatable bonds is 15. The lowest BCUT2D eigenvalue weighted by Crippen LogP contribution is -2.47. The zero-order valence-electron chi connectivity index (χ0n) is 35.7. The summed E-state index contributed by atoms with van der Waals surface area (Å²) in [5.74, 6) is 2.55. The Morgan fingerprint density at radius 2 is 1.54 bits per heavy atom. The fourth-order valence-electron chi connectivity index (χ4n) is 11.4. The molecule has 14 heteroatoms. The maximum Gasteiger partial charge on any atom is 0.293 e. The molecule has 2 bridgehead atoms. The predicted molar refractivity (Wildman–Crippen MR) is 245 cm³/mol. The minimum atomic E-state index is -4.40. The molecule has 2 aliphatic heterocycles. The number of benzene rings is 4. The summed E-state index contributed by atoms with van der Waals surface area (Å²) in [4.78, 5) is 43.0. The summed E-state index contributed by atoms with van der Waals surface area (Å²) in [5, 5.41) is 18.9. The van der Waals surface area contributed by atoms with Gasteiger partial charge in [-0.1, -0.05) is 48.9 Å². The van der Waals surface area contributed by atoms with Crippen LogP contribution in [0.1, 0.15) is 80.1 Å². The van der Waals surface area contributed by atoms with Gasteiger partial charge in [0.1, 0.15) is 5.69 Å². The summed E-state index contributed by atoms with van der Waals surface area (Å²) in [7, 11) is -4.40. The van der Waals surface area contributed by atoms with Crippen LogP contribution < -0.4 is 25.2 Å². The number of piperidine rings is 1. The molecule has 5 unspecified atom stereocenters. The standard InChI is InChI=1S/C49H58N6O7S/c56-48(20-13-33-7-2-1-3-8-33)54(46-30-36-29-42(46)41-10-6-9-40(36)41)45-12-5-4-11-44(45)51-37-21-25-53(26-22-37)38-16-14-35(15-17-38)49(57)52-63(60,61)39-18-19-43(47(31-39)55(58)59)50-32-34-23-27-62-28-24-34/h1-5,7-8,11-12,14-19,31,34,36-37,40-42,46,50-51H,6,9-10,13,20-30,32H2,(H,52,57). The van der Waals surface area contributed by atoms with E-state index in [-0.39, 0.29) is 39.8 Å². The third kappa shape index (κ3) is 9.43. The van der Waals surface area contributed by atoms with Gasteiger partial charge in [-0.2, -0.15) is 0 Å². The number of nitrogens with zero attached hydrogens (tertiary/aromatic N) is 3. The van der Waals surface area contributed by atoms with Crippen molar-refractivity contribution in [3.8, 4) is 0 Å². The van der Waals surface area contributed by atoms with Crippen LogP contribution in [0.25, 0.3) is 0 Å². The van der Waals surface area contributed by atoms with E-state index in [0.717, 1.165) is 92.5 Å². The number of sulfonamides is 1. The van der Waals surface area contributed by atoms with Gasteiger partial charge in [-0.25, -0.2) is 13.1 Å². The maximum absolute atomic E-state index is 14.4. The highest BCUT2D eigenvalue weighted by Crippen LogP contribution is 2.60. The van der Waals surface area contributed by atoms with Crippen molar-refractivity contribution >= 4 is 50.3 Å². The number of carbonyl (C=O) groups is 2. The van der Waals surface area contributed by atoms with Crippen LogP contribution in [0.5, 0.6) is 0 Å². The molecule has 2 heterocycles. The number of carbonyl (C=O) groups excluding carboxylic acids is 2. The van der Waals surface area contributed by atoms with E-state index in [4.69, 9.17) is 4.74 Å². The molecule has 63 heavy (non-hydrogen) atoms. The van der Waals surface area contributed by atoms with Gasteiger partial charge in [0.2, 0.25) is 5.91 Å². The molecule has 3 saturated carbocycles. The number of fused-ring (bicyclic) bond motifs is 5. The molecule has 0 aromatic heterocycles. The van der Waals surface area contributed by atoms with Crippen molar-refractivity contribution < 1.29 is 27.7 Å². The van der Waals surface area contributed by atoms with E-state index in [9.17, 15) is 28.1 Å². The predicted octanol–water partition coefficient (Wildman–Crippen LogP) is 8.42. The molecule has 5 fully saturated rings. The number of anilines is 4. The van der Waals surface area contributed by atoms with E-state index in [2.05, 4.69) is 61.6 Å². The lowest BCUT2D eigenvalue weighted by Gasteiger charge is -2.41. The highest BCUT2D eigenvalue weighted by Gasteiger charge is 2.56. The number of nitro benzene ring substituents is 1. The molecule has 5 aliphatic rings. The average Bonchev–Trinajstić information content (AvgIpc) is 4.05. The molecule has 4 aromatic rings. The first kappa shape index (κ1) is 42.8. The van der Waals surface area contributed by atoms with Gasteiger partial charge < -0.3 is 25.2 Å². The Kier molecular flexibility index (Phi) is 12.7. The van der Waals surface area contributed by atoms with Crippen LogP contribution >= 0.6 is 0 Å². The van der Waals surface area contributed by atoms with Crippen molar-refractivity contribution in [1.29, 1.82) is 0 Å². The second kappa shape index (κ2) is 18.7. The molecule has 3 N–H and O–H groups in total. The Morgan fingerprint density at radius 3 is 2.30 bits per heavy atom. The van der Waals surface area contributed by atoms with Crippen molar-refractivity contribution in [2.24, 2.45) is 29.6 Å². The summed E-state index contributed by atoms with van der Waals surface area (Å²) in [6.45, 7) is 3.33. The molecule has 9 rings (SSSR count). The molecule has 5 atom stereocenters. The SMILES string of the molecule is O=C(NS(=O)(=O)c1ccc(NCC2CCOCC2)c([N+](=O)[O-])c1)c1ccc(N2CCC(Nc3ccccc3N(C(=O)CCc3ccccc3)C3CC4CC3C3CCCC43)CC2)cc1. The summed E-state index contributed by atoms with van der Waals surface area (Å²) >= 11 is 0. The Hall–Kier alpha value is -5.47. The van der Waals surface area contributed by atoms with Crippen LogP contribution in [0.4, 0.5) is 28.4 Å². The van der Waals surface area contributed by atoms with Crippen molar-refractivity contribution in [3.05, 3.63) is 118 Å². The normalized spacial score (nSPS) is 23.6. The van der Waals surface area contributed by atoms with Crippen LogP contribution in [-0.2, 0) is 26.0 Å². The van der Waals surface area contributed by atoms with Gasteiger partial charge in [-0.3, -0.25) is 19.7 Å². The Morgan fingerprint density at radius 1 is 0.810 bits per heavy atom. The van der Waals surface area contributed by atoms with Crippen molar-refractivity contribution in [2.45, 2.75) is 87.6 Å². The quantitative estimate of drug-likeness (QED) is 0.0781. The molecular weight excluding hydrogens is 817 g/mol. The number of amides is 2. The first-order chi connectivity index (χ1) is 30.6. The number of nitro groups is 1. The van der Waals surface area contributed by atoms with E-state index in [1.807, 2.05) is 30.3 Å². The topological polar surface area (TPSA) is 163 Å². The molecule has 332 valence electrons.